The molecule has 2 aliphatic heterocycles. The maximum Gasteiger partial charge on any atom is 0.317 e. The Bertz CT molecular complexity index is 653. The zero-order valence-corrected chi connectivity index (χ0v) is 13.8. The lowest BCUT2D eigenvalue weighted by molar-refractivity contribution is 0.187. The molecule has 2 heterocycles. The van der Waals surface area contributed by atoms with Crippen LogP contribution in [0.3, 0.4) is 0 Å². The van der Waals surface area contributed by atoms with Crippen LogP contribution in [0.15, 0.2) is 18.2 Å². The van der Waals surface area contributed by atoms with Crippen molar-refractivity contribution in [2.45, 2.75) is 49.7 Å². The Morgan fingerprint density at radius 2 is 2.00 bits per heavy atom. The molecule has 3 fully saturated rings. The second-order valence-electron chi connectivity index (χ2n) is 7.35. The van der Waals surface area contributed by atoms with E-state index in [-0.39, 0.29) is 18.0 Å². The quantitative estimate of drug-likeness (QED) is 0.902. The maximum absolute atomic E-state index is 13.8. The van der Waals surface area contributed by atoms with Crippen molar-refractivity contribution in [2.75, 3.05) is 20.1 Å². The molecule has 2 bridgehead atoms. The Morgan fingerprint density at radius 1 is 1.21 bits per heavy atom. The van der Waals surface area contributed by atoms with E-state index in [0.29, 0.717) is 24.1 Å². The molecule has 4 rings (SSSR count). The number of carbonyl (C=O) groups is 1. The smallest absolute Gasteiger partial charge is 0.317 e. The van der Waals surface area contributed by atoms with Gasteiger partial charge in [0.15, 0.2) is 0 Å². The van der Waals surface area contributed by atoms with Gasteiger partial charge in [-0.2, -0.15) is 0 Å². The molecule has 0 aromatic heterocycles. The van der Waals surface area contributed by atoms with Crippen molar-refractivity contribution in [1.29, 1.82) is 0 Å². The van der Waals surface area contributed by atoms with Gasteiger partial charge in [0.25, 0.3) is 0 Å². The van der Waals surface area contributed by atoms with Crippen LogP contribution in [0.5, 0.6) is 0 Å². The Balaban J connectivity index is 1.36. The van der Waals surface area contributed by atoms with Gasteiger partial charge in [0.1, 0.15) is 11.6 Å². The van der Waals surface area contributed by atoms with E-state index < -0.39 is 11.6 Å². The first kappa shape index (κ1) is 15.8. The molecule has 2 saturated heterocycles. The van der Waals surface area contributed by atoms with Crippen LogP contribution >= 0.6 is 0 Å². The minimum Gasteiger partial charge on any atom is -0.335 e. The largest absolute Gasteiger partial charge is 0.335 e. The van der Waals surface area contributed by atoms with Gasteiger partial charge in [0.05, 0.1) is 0 Å². The van der Waals surface area contributed by atoms with E-state index >= 15 is 0 Å². The van der Waals surface area contributed by atoms with Gasteiger partial charge in [-0.25, -0.2) is 13.6 Å². The predicted octanol–water partition coefficient (Wildman–Crippen LogP) is 2.70. The number of fused-ring (bicyclic) bond motifs is 2. The number of hydrogen-bond donors (Lipinski definition) is 1. The Labute approximate surface area is 140 Å². The summed E-state index contributed by atoms with van der Waals surface area (Å²) in [4.78, 5) is 16.8. The number of nitrogens with one attached hydrogen (secondary N) is 1. The fourth-order valence-electron chi connectivity index (χ4n) is 4.24. The molecule has 4 atom stereocenters. The highest BCUT2D eigenvalue weighted by Crippen LogP contribution is 2.42. The molecule has 0 spiro atoms. The van der Waals surface area contributed by atoms with Crippen molar-refractivity contribution in [2.24, 2.45) is 0 Å². The summed E-state index contributed by atoms with van der Waals surface area (Å²) in [6, 6.07) is 4.62. The molecule has 0 unspecified atom stereocenters. The van der Waals surface area contributed by atoms with Crippen molar-refractivity contribution in [3.05, 3.63) is 35.4 Å². The first-order chi connectivity index (χ1) is 11.5. The number of carbonyl (C=O) groups excluding carboxylic acids is 1. The van der Waals surface area contributed by atoms with Gasteiger partial charge in [-0.3, -0.25) is 4.90 Å². The van der Waals surface area contributed by atoms with Crippen LogP contribution in [0, 0.1) is 11.6 Å². The number of amides is 2. The molecule has 2 amide bonds. The normalized spacial score (nSPS) is 32.5. The first-order valence-electron chi connectivity index (χ1n) is 8.75. The van der Waals surface area contributed by atoms with Crippen molar-refractivity contribution in [1.82, 2.24) is 15.1 Å². The monoisotopic (exact) mass is 335 g/mol. The molecule has 6 heteroatoms. The van der Waals surface area contributed by atoms with E-state index in [1.54, 1.807) is 0 Å². The van der Waals surface area contributed by atoms with Crippen molar-refractivity contribution in [3.8, 4) is 0 Å². The zero-order chi connectivity index (χ0) is 16.8. The molecule has 3 aliphatic rings. The molecule has 130 valence electrons. The van der Waals surface area contributed by atoms with Gasteiger partial charge in [-0.15, -0.1) is 0 Å². The standard InChI is InChI=1S/C18H23F2N3O/c1-22-12-3-4-13(22)10-23(7-6-12)18(24)21-17-9-15(17)14-5-2-11(19)8-16(14)20/h2,5,8,12-13,15,17H,3-4,6-7,9-10H2,1H3,(H,21,24)/t12-,13-,15+,17-/m0/s1. The number of likely N-dealkylation sites (tertiary alicyclic amines) is 1. The van der Waals surface area contributed by atoms with Gasteiger partial charge in [-0.05, 0) is 44.4 Å². The number of hydrogen-bond acceptors (Lipinski definition) is 2. The SMILES string of the molecule is CN1[C@H]2CC[C@H]1CN(C(=O)N[C@H]1C[C@@H]1c1ccc(F)cc1F)CC2. The minimum absolute atomic E-state index is 0.0411. The van der Waals surface area contributed by atoms with Crippen molar-refractivity contribution in [3.63, 3.8) is 0 Å². The Kier molecular flexibility index (Phi) is 3.95. The summed E-state index contributed by atoms with van der Waals surface area (Å²) in [6.07, 6.45) is 4.11. The Hall–Kier alpha value is -1.69. The maximum atomic E-state index is 13.8. The van der Waals surface area contributed by atoms with Gasteiger partial charge in [-0.1, -0.05) is 6.07 Å². The van der Waals surface area contributed by atoms with E-state index in [2.05, 4.69) is 17.3 Å². The van der Waals surface area contributed by atoms with Crippen LogP contribution in [0.25, 0.3) is 0 Å². The van der Waals surface area contributed by atoms with Crippen molar-refractivity contribution < 1.29 is 13.6 Å². The molecule has 4 nitrogen and oxygen atoms in total. The average molecular weight is 335 g/mol. The van der Waals surface area contributed by atoms with E-state index in [9.17, 15) is 13.6 Å². The number of nitrogens with zero attached hydrogens (tertiary/aromatic N) is 2. The average Bonchev–Trinajstić information content (AvgIpc) is 3.19. The lowest BCUT2D eigenvalue weighted by atomic mass is 10.1. The van der Waals surface area contributed by atoms with Gasteiger partial charge in [0.2, 0.25) is 0 Å². The summed E-state index contributed by atoms with van der Waals surface area (Å²) in [5, 5.41) is 3.02. The van der Waals surface area contributed by atoms with E-state index in [1.165, 1.54) is 18.6 Å². The molecule has 0 radical (unpaired) electrons. The third-order valence-corrected chi connectivity index (χ3v) is 5.90. The van der Waals surface area contributed by atoms with Crippen LogP contribution in [0.1, 0.15) is 37.2 Å². The van der Waals surface area contributed by atoms with Crippen LogP contribution in [-0.2, 0) is 0 Å². The highest BCUT2D eigenvalue weighted by Gasteiger charge is 2.43. The van der Waals surface area contributed by atoms with E-state index in [4.69, 9.17) is 0 Å². The van der Waals surface area contributed by atoms with Crippen molar-refractivity contribution >= 4 is 6.03 Å². The summed E-state index contributed by atoms with van der Waals surface area (Å²) in [6.45, 7) is 1.54. The third-order valence-electron chi connectivity index (χ3n) is 5.90. The highest BCUT2D eigenvalue weighted by molar-refractivity contribution is 5.75. The van der Waals surface area contributed by atoms with Crippen LogP contribution in [0.2, 0.25) is 0 Å². The number of halogens is 2. The lowest BCUT2D eigenvalue weighted by Crippen LogP contribution is -2.45. The molecular weight excluding hydrogens is 312 g/mol. The predicted molar refractivity (Wildman–Crippen MR) is 86.8 cm³/mol. The zero-order valence-electron chi connectivity index (χ0n) is 13.8. The second kappa shape index (κ2) is 5.99. The fraction of sp³-hybridized carbons (Fsp3) is 0.611. The molecule has 1 saturated carbocycles. The van der Waals surface area contributed by atoms with Gasteiger partial charge < -0.3 is 10.2 Å². The summed E-state index contributed by atoms with van der Waals surface area (Å²) in [5.74, 6) is -1.13. The molecule has 1 aromatic rings. The molecule has 1 aromatic carbocycles. The Morgan fingerprint density at radius 3 is 2.79 bits per heavy atom. The number of likely N-dealkylation sites (N-methyl/N-ethyl adjacent to an activating group) is 1. The molecule has 24 heavy (non-hydrogen) atoms. The third kappa shape index (κ3) is 2.88. The second-order valence-corrected chi connectivity index (χ2v) is 7.35. The number of urea groups is 1. The van der Waals surface area contributed by atoms with E-state index in [0.717, 1.165) is 32.0 Å². The molecular formula is C18H23F2N3O. The summed E-state index contributed by atoms with van der Waals surface area (Å²) in [5.41, 5.74) is 0.497. The number of benzene rings is 1. The highest BCUT2D eigenvalue weighted by atomic mass is 19.1. The molecule has 1 aliphatic carbocycles. The van der Waals surface area contributed by atoms with Gasteiger partial charge >= 0.3 is 6.03 Å². The summed E-state index contributed by atoms with van der Waals surface area (Å²) >= 11 is 0. The lowest BCUT2D eigenvalue weighted by Gasteiger charge is -2.26. The van der Waals surface area contributed by atoms with Crippen LogP contribution < -0.4 is 5.32 Å². The minimum atomic E-state index is -0.568. The van der Waals surface area contributed by atoms with Crippen LogP contribution in [-0.4, -0.2) is 54.1 Å². The summed E-state index contributed by atoms with van der Waals surface area (Å²) < 4.78 is 26.8. The molecule has 1 N–H and O–H groups in total. The fourth-order valence-corrected chi connectivity index (χ4v) is 4.24. The van der Waals surface area contributed by atoms with Gasteiger partial charge in [0, 0.05) is 43.2 Å². The summed E-state index contributed by atoms with van der Waals surface area (Å²) in [7, 11) is 2.15. The topological polar surface area (TPSA) is 35.6 Å². The van der Waals surface area contributed by atoms with Crippen LogP contribution in [0.4, 0.5) is 13.6 Å². The van der Waals surface area contributed by atoms with E-state index in [1.807, 2.05) is 4.90 Å². The first-order valence-corrected chi connectivity index (χ1v) is 8.75. The number of rotatable bonds is 2.